The zero-order chi connectivity index (χ0) is 7.11. The lowest BCUT2D eigenvalue weighted by Gasteiger charge is -1.60. The Morgan fingerprint density at radius 2 is 2.44 bits per heavy atom. The molecule has 0 unspecified atom stereocenters. The van der Waals surface area contributed by atoms with Crippen molar-refractivity contribution < 1.29 is 5.11 Å². The summed E-state index contributed by atoms with van der Waals surface area (Å²) in [5.74, 6) is 0. The molecule has 0 spiro atoms. The molecule has 1 heterocycles. The van der Waals surface area contributed by atoms with Crippen LogP contribution < -0.4 is 0 Å². The Hall–Kier alpha value is -0.920. The second kappa shape index (κ2) is 5.22. The van der Waals surface area contributed by atoms with E-state index in [0.29, 0.717) is 4.88 Å². The summed E-state index contributed by atoms with van der Waals surface area (Å²) in [6, 6.07) is 1.96. The van der Waals surface area contributed by atoms with Gasteiger partial charge in [0.2, 0.25) is 0 Å². The van der Waals surface area contributed by atoms with Gasteiger partial charge < -0.3 is 5.11 Å². The highest BCUT2D eigenvalue weighted by molar-refractivity contribution is 7.10. The zero-order valence-corrected chi connectivity index (χ0v) is 5.72. The molecular formula is C5H6N2OS. The van der Waals surface area contributed by atoms with E-state index in [1.165, 1.54) is 11.3 Å². The molecule has 0 atom stereocenters. The Bertz CT molecular complexity index is 177. The minimum absolute atomic E-state index is 0.667. The van der Waals surface area contributed by atoms with Crippen molar-refractivity contribution in [3.8, 4) is 6.07 Å². The summed E-state index contributed by atoms with van der Waals surface area (Å²) in [5, 5.41) is 15.1. The largest absolute Gasteiger partial charge is 0.400 e. The molecule has 3 nitrogen and oxygen atoms in total. The first-order chi connectivity index (χ1) is 4.43. The van der Waals surface area contributed by atoms with Gasteiger partial charge in [-0.2, -0.15) is 5.26 Å². The van der Waals surface area contributed by atoms with Crippen molar-refractivity contribution >= 4 is 11.3 Å². The van der Waals surface area contributed by atoms with Crippen LogP contribution in [0.5, 0.6) is 0 Å². The van der Waals surface area contributed by atoms with Crippen LogP contribution in [0.15, 0.2) is 11.7 Å². The topological polar surface area (TPSA) is 56.9 Å². The molecule has 48 valence electrons. The standard InChI is InChI=1S/C4H2N2S.CH4O/c5-1-4-2-6-3-7-4;1-2/h2-3H;2H,1H3. The Morgan fingerprint density at radius 1 is 1.78 bits per heavy atom. The molecule has 1 aromatic rings. The maximum absolute atomic E-state index is 8.15. The normalized spacial score (nSPS) is 6.78. The Labute approximate surface area is 57.2 Å². The lowest BCUT2D eigenvalue weighted by molar-refractivity contribution is 0.399. The summed E-state index contributed by atoms with van der Waals surface area (Å²) in [6.45, 7) is 0. The molecule has 0 aromatic carbocycles. The van der Waals surface area contributed by atoms with Crippen LogP contribution in [-0.2, 0) is 0 Å². The Kier molecular flexibility index (Phi) is 4.69. The minimum Gasteiger partial charge on any atom is -0.400 e. The molecule has 1 rings (SSSR count). The molecule has 1 N–H and O–H groups in total. The number of hydrogen-bond donors (Lipinski definition) is 1. The van der Waals surface area contributed by atoms with E-state index in [1.54, 1.807) is 11.7 Å². The van der Waals surface area contributed by atoms with Crippen molar-refractivity contribution in [2.45, 2.75) is 0 Å². The fourth-order valence-electron chi connectivity index (χ4n) is 0.271. The number of aliphatic hydroxyl groups is 1. The third-order valence-corrected chi connectivity index (χ3v) is 1.22. The highest BCUT2D eigenvalue weighted by atomic mass is 32.1. The number of hydrogen-bond acceptors (Lipinski definition) is 4. The molecule has 0 saturated carbocycles. The highest BCUT2D eigenvalue weighted by Gasteiger charge is 1.84. The molecule has 4 heteroatoms. The van der Waals surface area contributed by atoms with E-state index in [2.05, 4.69) is 4.98 Å². The van der Waals surface area contributed by atoms with Gasteiger partial charge in [0, 0.05) is 7.11 Å². The lowest BCUT2D eigenvalue weighted by Crippen LogP contribution is -1.53. The van der Waals surface area contributed by atoms with Crippen LogP contribution in [0.25, 0.3) is 0 Å². The van der Waals surface area contributed by atoms with E-state index >= 15 is 0 Å². The van der Waals surface area contributed by atoms with Crippen LogP contribution in [0.4, 0.5) is 0 Å². The van der Waals surface area contributed by atoms with Gasteiger partial charge in [0.1, 0.15) is 10.9 Å². The number of thiazole rings is 1. The van der Waals surface area contributed by atoms with E-state index < -0.39 is 0 Å². The fraction of sp³-hybridized carbons (Fsp3) is 0.200. The minimum atomic E-state index is 0.667. The molecule has 0 radical (unpaired) electrons. The van der Waals surface area contributed by atoms with Gasteiger partial charge in [-0.1, -0.05) is 0 Å². The number of nitriles is 1. The lowest BCUT2D eigenvalue weighted by atomic mass is 10.6. The molecule has 0 bridgehead atoms. The molecule has 0 aliphatic rings. The van der Waals surface area contributed by atoms with Crippen LogP contribution in [0.1, 0.15) is 4.88 Å². The summed E-state index contributed by atoms with van der Waals surface area (Å²) in [7, 11) is 1.00. The quantitative estimate of drug-likeness (QED) is 0.577. The maximum Gasteiger partial charge on any atom is 0.124 e. The van der Waals surface area contributed by atoms with Gasteiger partial charge >= 0.3 is 0 Å². The summed E-state index contributed by atoms with van der Waals surface area (Å²) >= 11 is 1.35. The van der Waals surface area contributed by atoms with Gasteiger partial charge in [0.15, 0.2) is 0 Å². The average molecular weight is 142 g/mol. The first-order valence-electron chi connectivity index (χ1n) is 2.17. The van der Waals surface area contributed by atoms with Crippen LogP contribution in [0, 0.1) is 11.3 Å². The zero-order valence-electron chi connectivity index (χ0n) is 4.90. The van der Waals surface area contributed by atoms with Crippen molar-refractivity contribution in [2.24, 2.45) is 0 Å². The second-order valence-electron chi connectivity index (χ2n) is 0.977. The third-order valence-electron chi connectivity index (χ3n) is 0.543. The van der Waals surface area contributed by atoms with Crippen molar-refractivity contribution in [1.29, 1.82) is 5.26 Å². The summed E-state index contributed by atoms with van der Waals surface area (Å²) in [5.41, 5.74) is 1.64. The molecular weight excluding hydrogens is 136 g/mol. The predicted octanol–water partition coefficient (Wildman–Crippen LogP) is 0.623. The summed E-state index contributed by atoms with van der Waals surface area (Å²) in [6.07, 6.45) is 1.55. The predicted molar refractivity (Wildman–Crippen MR) is 35.0 cm³/mol. The van der Waals surface area contributed by atoms with Gasteiger partial charge in [0.05, 0.1) is 11.7 Å². The first kappa shape index (κ1) is 8.08. The molecule has 0 amide bonds. The van der Waals surface area contributed by atoms with Gasteiger partial charge in [-0.15, -0.1) is 11.3 Å². The fourth-order valence-corrected chi connectivity index (χ4v) is 0.681. The maximum atomic E-state index is 8.15. The van der Waals surface area contributed by atoms with Crippen LogP contribution in [0.2, 0.25) is 0 Å². The SMILES string of the molecule is CO.N#Cc1cncs1. The number of aromatic nitrogens is 1. The highest BCUT2D eigenvalue weighted by Crippen LogP contribution is 2.00. The van der Waals surface area contributed by atoms with E-state index in [1.807, 2.05) is 6.07 Å². The van der Waals surface area contributed by atoms with Gasteiger partial charge in [0.25, 0.3) is 0 Å². The van der Waals surface area contributed by atoms with Crippen molar-refractivity contribution in [3.63, 3.8) is 0 Å². The van der Waals surface area contributed by atoms with Gasteiger partial charge in [-0.3, -0.25) is 4.98 Å². The van der Waals surface area contributed by atoms with E-state index in [-0.39, 0.29) is 0 Å². The van der Waals surface area contributed by atoms with E-state index in [0.717, 1.165) is 7.11 Å². The molecule has 0 fully saturated rings. The number of aliphatic hydroxyl groups excluding tert-OH is 1. The third kappa shape index (κ3) is 2.80. The summed E-state index contributed by atoms with van der Waals surface area (Å²) < 4.78 is 0. The second-order valence-corrected chi connectivity index (χ2v) is 1.86. The smallest absolute Gasteiger partial charge is 0.124 e. The van der Waals surface area contributed by atoms with Crippen molar-refractivity contribution in [2.75, 3.05) is 7.11 Å². The summed E-state index contributed by atoms with van der Waals surface area (Å²) in [4.78, 5) is 4.36. The van der Waals surface area contributed by atoms with Crippen LogP contribution >= 0.6 is 11.3 Å². The average Bonchev–Trinajstić information content (AvgIpc) is 2.43. The molecule has 9 heavy (non-hydrogen) atoms. The van der Waals surface area contributed by atoms with E-state index in [4.69, 9.17) is 10.4 Å². The first-order valence-corrected chi connectivity index (χ1v) is 3.05. The van der Waals surface area contributed by atoms with E-state index in [9.17, 15) is 0 Å². The molecule has 1 aromatic heterocycles. The number of nitrogens with zero attached hydrogens (tertiary/aromatic N) is 2. The van der Waals surface area contributed by atoms with Crippen molar-refractivity contribution in [1.82, 2.24) is 4.98 Å². The Morgan fingerprint density at radius 3 is 2.67 bits per heavy atom. The molecule has 0 saturated heterocycles. The van der Waals surface area contributed by atoms with Gasteiger partial charge in [-0.05, 0) is 0 Å². The van der Waals surface area contributed by atoms with Crippen LogP contribution in [-0.4, -0.2) is 17.2 Å². The van der Waals surface area contributed by atoms with Crippen LogP contribution in [0.3, 0.4) is 0 Å². The monoisotopic (exact) mass is 142 g/mol. The molecule has 0 aliphatic carbocycles. The van der Waals surface area contributed by atoms with Gasteiger partial charge in [-0.25, -0.2) is 0 Å². The molecule has 0 aliphatic heterocycles. The number of rotatable bonds is 0. The Balaban J connectivity index is 0.000000291. The van der Waals surface area contributed by atoms with Crippen molar-refractivity contribution in [3.05, 3.63) is 16.6 Å².